The van der Waals surface area contributed by atoms with E-state index >= 15 is 0 Å². The summed E-state index contributed by atoms with van der Waals surface area (Å²) in [4.78, 5) is 1.05. The number of phenols is 1. The second-order valence-electron chi connectivity index (χ2n) is 3.39. The molecule has 1 N–H and O–H groups in total. The Labute approximate surface area is 95.7 Å². The summed E-state index contributed by atoms with van der Waals surface area (Å²) in [6.07, 6.45) is 5.38. The molecule has 0 aliphatic carbocycles. The van der Waals surface area contributed by atoms with Gasteiger partial charge >= 0.3 is 0 Å². The third-order valence-electron chi connectivity index (χ3n) is 2.17. The van der Waals surface area contributed by atoms with E-state index in [1.807, 2.05) is 18.4 Å². The van der Waals surface area contributed by atoms with Crippen molar-refractivity contribution in [2.45, 2.75) is 31.1 Å². The molecule has 3 heteroatoms. The molecular weight excluding hydrogens is 208 g/mol. The van der Waals surface area contributed by atoms with Gasteiger partial charge < -0.3 is 9.84 Å². The number of phenolic OH excluding ortho intramolecular Hbond substituents is 1. The Morgan fingerprint density at radius 2 is 2.13 bits per heavy atom. The summed E-state index contributed by atoms with van der Waals surface area (Å²) in [6, 6.07) is 5.52. The van der Waals surface area contributed by atoms with Gasteiger partial charge in [-0.05, 0) is 30.9 Å². The number of benzene rings is 1. The number of hydrogen-bond acceptors (Lipinski definition) is 3. The van der Waals surface area contributed by atoms with Crippen molar-refractivity contribution in [2.24, 2.45) is 0 Å². The van der Waals surface area contributed by atoms with Crippen LogP contribution in [0.1, 0.15) is 26.2 Å². The third kappa shape index (κ3) is 4.04. The zero-order valence-electron chi connectivity index (χ0n) is 9.32. The fraction of sp³-hybridized carbons (Fsp3) is 0.500. The fourth-order valence-electron chi connectivity index (χ4n) is 1.28. The maximum Gasteiger partial charge on any atom is 0.160 e. The Morgan fingerprint density at radius 1 is 1.33 bits per heavy atom. The van der Waals surface area contributed by atoms with Crippen LogP contribution < -0.4 is 4.74 Å². The standard InChI is InChI=1S/C12H18O2S/c1-3-4-5-8-14-12-7-6-10(15-2)9-11(12)13/h6-7,9,13H,3-5,8H2,1-2H3. The quantitative estimate of drug-likeness (QED) is 0.592. The number of ether oxygens (including phenoxy) is 1. The van der Waals surface area contributed by atoms with Gasteiger partial charge in [0.25, 0.3) is 0 Å². The van der Waals surface area contributed by atoms with Gasteiger partial charge in [0.05, 0.1) is 6.61 Å². The predicted octanol–water partition coefficient (Wildman–Crippen LogP) is 3.68. The molecule has 0 heterocycles. The summed E-state index contributed by atoms with van der Waals surface area (Å²) in [6.45, 7) is 2.84. The molecule has 0 atom stereocenters. The van der Waals surface area contributed by atoms with Crippen LogP contribution in [0.5, 0.6) is 11.5 Å². The summed E-state index contributed by atoms with van der Waals surface area (Å²) >= 11 is 1.61. The fourth-order valence-corrected chi connectivity index (χ4v) is 1.71. The Bertz CT molecular complexity index is 300. The van der Waals surface area contributed by atoms with E-state index in [1.54, 1.807) is 17.8 Å². The SMILES string of the molecule is CCCCCOc1ccc(SC)cc1O. The van der Waals surface area contributed by atoms with Crippen molar-refractivity contribution in [1.29, 1.82) is 0 Å². The minimum atomic E-state index is 0.235. The lowest BCUT2D eigenvalue weighted by atomic mass is 10.2. The van der Waals surface area contributed by atoms with E-state index in [4.69, 9.17) is 4.74 Å². The molecule has 1 aromatic carbocycles. The highest BCUT2D eigenvalue weighted by atomic mass is 32.2. The Morgan fingerprint density at radius 3 is 2.73 bits per heavy atom. The molecule has 0 fully saturated rings. The van der Waals surface area contributed by atoms with Crippen LogP contribution in [0.15, 0.2) is 23.1 Å². The summed E-state index contributed by atoms with van der Waals surface area (Å²) in [5, 5.41) is 9.64. The molecule has 0 spiro atoms. The first-order chi connectivity index (χ1) is 7.27. The predicted molar refractivity (Wildman–Crippen MR) is 64.9 cm³/mol. The first-order valence-electron chi connectivity index (χ1n) is 5.27. The van der Waals surface area contributed by atoms with Crippen LogP contribution in [0, 0.1) is 0 Å². The van der Waals surface area contributed by atoms with Gasteiger partial charge in [-0.2, -0.15) is 0 Å². The van der Waals surface area contributed by atoms with Crippen LogP contribution in [0.2, 0.25) is 0 Å². The second-order valence-corrected chi connectivity index (χ2v) is 4.27. The van der Waals surface area contributed by atoms with Crippen molar-refractivity contribution in [3.63, 3.8) is 0 Å². The lowest BCUT2D eigenvalue weighted by Gasteiger charge is -2.08. The lowest BCUT2D eigenvalue weighted by molar-refractivity contribution is 0.290. The smallest absolute Gasteiger partial charge is 0.160 e. The summed E-state index contributed by atoms with van der Waals surface area (Å²) < 4.78 is 5.48. The van der Waals surface area contributed by atoms with Crippen molar-refractivity contribution < 1.29 is 9.84 Å². The number of rotatable bonds is 6. The maximum absolute atomic E-state index is 9.64. The van der Waals surface area contributed by atoms with Crippen molar-refractivity contribution in [3.8, 4) is 11.5 Å². The van der Waals surface area contributed by atoms with E-state index in [1.165, 1.54) is 12.8 Å². The van der Waals surface area contributed by atoms with Gasteiger partial charge in [0, 0.05) is 4.90 Å². The Hall–Kier alpha value is -0.830. The van der Waals surface area contributed by atoms with E-state index in [-0.39, 0.29) is 5.75 Å². The highest BCUT2D eigenvalue weighted by Crippen LogP contribution is 2.30. The molecule has 0 aromatic heterocycles. The number of thioether (sulfide) groups is 1. The van der Waals surface area contributed by atoms with Crippen LogP contribution >= 0.6 is 11.8 Å². The largest absolute Gasteiger partial charge is 0.504 e. The van der Waals surface area contributed by atoms with Gasteiger partial charge in [-0.15, -0.1) is 11.8 Å². The molecule has 0 saturated heterocycles. The minimum absolute atomic E-state index is 0.235. The van der Waals surface area contributed by atoms with Gasteiger partial charge in [-0.3, -0.25) is 0 Å². The van der Waals surface area contributed by atoms with Gasteiger partial charge in [-0.25, -0.2) is 0 Å². The van der Waals surface area contributed by atoms with E-state index in [9.17, 15) is 5.11 Å². The monoisotopic (exact) mass is 226 g/mol. The van der Waals surface area contributed by atoms with Crippen molar-refractivity contribution >= 4 is 11.8 Å². The van der Waals surface area contributed by atoms with E-state index in [2.05, 4.69) is 6.92 Å². The Kier molecular flexibility index (Phi) is 5.40. The molecule has 0 amide bonds. The van der Waals surface area contributed by atoms with Crippen molar-refractivity contribution in [2.75, 3.05) is 12.9 Å². The summed E-state index contributed by atoms with van der Waals surface area (Å²) in [5.74, 6) is 0.822. The van der Waals surface area contributed by atoms with E-state index < -0.39 is 0 Å². The molecule has 0 unspecified atom stereocenters. The first kappa shape index (κ1) is 12.2. The molecule has 84 valence electrons. The zero-order chi connectivity index (χ0) is 11.1. The minimum Gasteiger partial charge on any atom is -0.504 e. The molecule has 15 heavy (non-hydrogen) atoms. The molecule has 0 bridgehead atoms. The number of unbranched alkanes of at least 4 members (excludes halogenated alkanes) is 2. The molecule has 0 radical (unpaired) electrons. The highest BCUT2D eigenvalue weighted by molar-refractivity contribution is 7.98. The summed E-state index contributed by atoms with van der Waals surface area (Å²) in [7, 11) is 0. The average molecular weight is 226 g/mol. The third-order valence-corrected chi connectivity index (χ3v) is 2.90. The van der Waals surface area contributed by atoms with Gasteiger partial charge in [0.1, 0.15) is 0 Å². The molecule has 1 rings (SSSR count). The second kappa shape index (κ2) is 6.62. The van der Waals surface area contributed by atoms with Gasteiger partial charge in [0.2, 0.25) is 0 Å². The lowest BCUT2D eigenvalue weighted by Crippen LogP contribution is -1.97. The van der Waals surface area contributed by atoms with Gasteiger partial charge in [-0.1, -0.05) is 19.8 Å². The molecule has 0 saturated carbocycles. The van der Waals surface area contributed by atoms with Crippen LogP contribution in [0.25, 0.3) is 0 Å². The van der Waals surface area contributed by atoms with Crippen molar-refractivity contribution in [3.05, 3.63) is 18.2 Å². The van der Waals surface area contributed by atoms with Crippen LogP contribution in [-0.4, -0.2) is 18.0 Å². The normalized spacial score (nSPS) is 10.3. The van der Waals surface area contributed by atoms with E-state index in [0.29, 0.717) is 12.4 Å². The molecule has 1 aromatic rings. The molecule has 2 nitrogen and oxygen atoms in total. The van der Waals surface area contributed by atoms with Gasteiger partial charge in [0.15, 0.2) is 11.5 Å². The molecule has 0 aliphatic rings. The average Bonchev–Trinajstić information content (AvgIpc) is 2.26. The van der Waals surface area contributed by atoms with Crippen LogP contribution in [0.4, 0.5) is 0 Å². The van der Waals surface area contributed by atoms with E-state index in [0.717, 1.165) is 11.3 Å². The summed E-state index contributed by atoms with van der Waals surface area (Å²) in [5.41, 5.74) is 0. The molecular formula is C12H18O2S. The van der Waals surface area contributed by atoms with Crippen LogP contribution in [0.3, 0.4) is 0 Å². The number of aromatic hydroxyl groups is 1. The topological polar surface area (TPSA) is 29.5 Å². The maximum atomic E-state index is 9.64. The highest BCUT2D eigenvalue weighted by Gasteiger charge is 2.02. The van der Waals surface area contributed by atoms with Crippen LogP contribution in [-0.2, 0) is 0 Å². The Balaban J connectivity index is 2.47. The number of hydrogen-bond donors (Lipinski definition) is 1. The first-order valence-corrected chi connectivity index (χ1v) is 6.50. The van der Waals surface area contributed by atoms with Crippen molar-refractivity contribution in [1.82, 2.24) is 0 Å². The zero-order valence-corrected chi connectivity index (χ0v) is 10.1. The molecule has 0 aliphatic heterocycles.